The molecule has 0 unspecified atom stereocenters. The van der Waals surface area contributed by atoms with Gasteiger partial charge in [0.1, 0.15) is 17.2 Å². The lowest BCUT2D eigenvalue weighted by molar-refractivity contribution is -0.129. The lowest BCUT2D eigenvalue weighted by Gasteiger charge is -2.48. The van der Waals surface area contributed by atoms with Crippen LogP contribution in [0.4, 0.5) is 0 Å². The van der Waals surface area contributed by atoms with Crippen LogP contribution in [0.3, 0.4) is 0 Å². The summed E-state index contributed by atoms with van der Waals surface area (Å²) < 4.78 is 1.90. The number of nitrogens with zero attached hydrogens (tertiary/aromatic N) is 3. The quantitative estimate of drug-likeness (QED) is 0.496. The highest BCUT2D eigenvalue weighted by Crippen LogP contribution is 2.59. The number of aryl methyl sites for hydroxylation is 4. The number of Topliss-reactive ketones (excluding diaryl/α,β-unsaturated/α-hetero) is 1. The third kappa shape index (κ3) is 3.89. The maximum absolute atomic E-state index is 12.6. The summed E-state index contributed by atoms with van der Waals surface area (Å²) in [6.07, 6.45) is 9.84. The number of carbonyl (C=O) groups excluding carboxylic acids is 1. The van der Waals surface area contributed by atoms with Gasteiger partial charge in [-0.1, -0.05) is 48.0 Å². The van der Waals surface area contributed by atoms with Crippen LogP contribution < -0.4 is 0 Å². The van der Waals surface area contributed by atoms with Gasteiger partial charge in [-0.15, -0.1) is 5.10 Å². The molecule has 5 heteroatoms. The highest BCUT2D eigenvalue weighted by molar-refractivity contribution is 5.87. The molecule has 2 fully saturated rings. The van der Waals surface area contributed by atoms with Crippen LogP contribution in [0.1, 0.15) is 73.6 Å². The van der Waals surface area contributed by atoms with E-state index in [0.29, 0.717) is 29.3 Å². The van der Waals surface area contributed by atoms with E-state index in [-0.39, 0.29) is 5.41 Å². The van der Waals surface area contributed by atoms with Gasteiger partial charge in [0.05, 0.1) is 6.20 Å². The Balaban J connectivity index is 1.15. The summed E-state index contributed by atoms with van der Waals surface area (Å²) in [6.45, 7) is 5.08. The van der Waals surface area contributed by atoms with Crippen LogP contribution in [-0.4, -0.2) is 25.9 Å². The van der Waals surface area contributed by atoms with Gasteiger partial charge in [-0.3, -0.25) is 9.48 Å². The second-order valence-corrected chi connectivity index (χ2v) is 11.3. The van der Waals surface area contributed by atoms with E-state index in [1.54, 1.807) is 0 Å². The van der Waals surface area contributed by atoms with Crippen molar-refractivity contribution >= 4 is 5.78 Å². The van der Waals surface area contributed by atoms with E-state index in [2.05, 4.69) is 54.5 Å². The summed E-state index contributed by atoms with van der Waals surface area (Å²) in [7, 11) is 0. The Morgan fingerprint density at radius 2 is 1.94 bits per heavy atom. The molecule has 0 bridgehead atoms. The Hall–Kier alpha value is -2.95. The van der Waals surface area contributed by atoms with Crippen LogP contribution in [0, 0.1) is 24.2 Å². The smallest absolute Gasteiger partial charge is 0.139 e. The zero-order chi connectivity index (χ0) is 24.2. The van der Waals surface area contributed by atoms with Crippen molar-refractivity contribution in [3.05, 3.63) is 64.8 Å². The van der Waals surface area contributed by atoms with Gasteiger partial charge in [-0.25, -0.2) is 0 Å². The highest BCUT2D eigenvalue weighted by atomic mass is 16.3. The lowest BCUT2D eigenvalue weighted by Crippen LogP contribution is -2.42. The molecule has 3 aliphatic rings. The van der Waals surface area contributed by atoms with Crippen LogP contribution in [0.5, 0.6) is 5.75 Å². The average Bonchev–Trinajstić information content (AvgIpc) is 3.44. The summed E-state index contributed by atoms with van der Waals surface area (Å²) in [5, 5.41) is 19.4. The van der Waals surface area contributed by atoms with E-state index < -0.39 is 0 Å². The van der Waals surface area contributed by atoms with Gasteiger partial charge in [0.25, 0.3) is 0 Å². The number of aromatic nitrogens is 3. The van der Waals surface area contributed by atoms with E-state index in [0.717, 1.165) is 74.7 Å². The van der Waals surface area contributed by atoms with Crippen molar-refractivity contribution in [3.63, 3.8) is 0 Å². The molecule has 1 aromatic heterocycles. The Morgan fingerprint density at radius 1 is 1.11 bits per heavy atom. The van der Waals surface area contributed by atoms with Crippen molar-refractivity contribution < 1.29 is 9.90 Å². The summed E-state index contributed by atoms with van der Waals surface area (Å²) in [5.74, 6) is 2.61. The number of carbonyl (C=O) groups is 1. The molecule has 6 rings (SSSR count). The molecule has 35 heavy (non-hydrogen) atoms. The Labute approximate surface area is 207 Å². The van der Waals surface area contributed by atoms with Gasteiger partial charge in [-0.2, -0.15) is 0 Å². The van der Waals surface area contributed by atoms with Gasteiger partial charge in [-0.05, 0) is 92.4 Å². The molecule has 0 aliphatic heterocycles. The number of hydrogen-bond donors (Lipinski definition) is 1. The fourth-order valence-corrected chi connectivity index (χ4v) is 7.32. The standard InChI is InChI=1S/C30H35N3O2/c1-19-5-7-20(8-6-19)27-18-33(32-31-27)15-3-4-22-16-25-21(17-28(22)34)9-10-24-23(25)13-14-30(2)26(24)11-12-29(30)35/h5-8,16-18,23-24,26,34H,3-4,9-15H2,1-2H3/t23-,24+,26-,30-/m0/s1. The molecule has 1 heterocycles. The number of phenols is 1. The number of rotatable bonds is 5. The normalized spacial score (nSPS) is 27.4. The van der Waals surface area contributed by atoms with E-state index in [1.165, 1.54) is 16.7 Å². The summed E-state index contributed by atoms with van der Waals surface area (Å²) in [6, 6.07) is 12.7. The van der Waals surface area contributed by atoms with Crippen molar-refractivity contribution in [1.82, 2.24) is 15.0 Å². The molecule has 3 aromatic rings. The fraction of sp³-hybridized carbons (Fsp3) is 0.500. The minimum atomic E-state index is -0.0896. The Morgan fingerprint density at radius 3 is 2.77 bits per heavy atom. The van der Waals surface area contributed by atoms with Crippen LogP contribution >= 0.6 is 0 Å². The molecule has 1 N–H and O–H groups in total. The third-order valence-electron chi connectivity index (χ3n) is 9.35. The van der Waals surface area contributed by atoms with Crippen LogP contribution in [0.25, 0.3) is 11.3 Å². The van der Waals surface area contributed by atoms with Gasteiger partial charge >= 0.3 is 0 Å². The lowest BCUT2D eigenvalue weighted by atomic mass is 9.55. The average molecular weight is 470 g/mol. The zero-order valence-corrected chi connectivity index (χ0v) is 20.8. The zero-order valence-electron chi connectivity index (χ0n) is 20.8. The molecule has 5 nitrogen and oxygen atoms in total. The molecule has 0 spiro atoms. The monoisotopic (exact) mass is 469 g/mol. The maximum Gasteiger partial charge on any atom is 0.139 e. The number of benzene rings is 2. The predicted octanol–water partition coefficient (Wildman–Crippen LogP) is 6.02. The van der Waals surface area contributed by atoms with Gasteiger partial charge in [0.15, 0.2) is 0 Å². The molecule has 2 saturated carbocycles. The highest BCUT2D eigenvalue weighted by Gasteiger charge is 2.54. The molecule has 0 saturated heterocycles. The molecule has 2 aromatic carbocycles. The second kappa shape index (κ2) is 8.61. The number of hydrogen-bond acceptors (Lipinski definition) is 4. The predicted molar refractivity (Wildman–Crippen MR) is 136 cm³/mol. The number of aromatic hydroxyl groups is 1. The molecule has 182 valence electrons. The summed E-state index contributed by atoms with van der Waals surface area (Å²) in [5.41, 5.74) is 6.92. The number of fused-ring (bicyclic) bond motifs is 5. The minimum Gasteiger partial charge on any atom is -0.508 e. The van der Waals surface area contributed by atoms with Crippen molar-refractivity contribution in [2.75, 3.05) is 0 Å². The van der Waals surface area contributed by atoms with Crippen molar-refractivity contribution in [1.29, 1.82) is 0 Å². The first kappa shape index (κ1) is 22.5. The van der Waals surface area contributed by atoms with Crippen molar-refractivity contribution in [3.8, 4) is 17.0 Å². The first-order valence-electron chi connectivity index (χ1n) is 13.3. The number of phenolic OH excluding ortho intramolecular Hbond substituents is 1. The maximum atomic E-state index is 12.6. The first-order chi connectivity index (χ1) is 16.9. The number of ketones is 1. The Bertz CT molecular complexity index is 1260. The third-order valence-corrected chi connectivity index (χ3v) is 9.35. The Kier molecular flexibility index (Phi) is 5.54. The molecule has 0 amide bonds. The van der Waals surface area contributed by atoms with Crippen LogP contribution in [-0.2, 0) is 24.2 Å². The molecule has 0 radical (unpaired) electrons. The fourth-order valence-electron chi connectivity index (χ4n) is 7.32. The van der Waals surface area contributed by atoms with Crippen LogP contribution in [0.2, 0.25) is 0 Å². The SMILES string of the molecule is Cc1ccc(-c2cn(CCCc3cc4c(cc3O)CC[C@@H]3[C@@H]4CC[C@]4(C)C(=O)CC[C@@H]34)nn2)cc1. The minimum absolute atomic E-state index is 0.0896. The van der Waals surface area contributed by atoms with Gasteiger partial charge < -0.3 is 5.11 Å². The topological polar surface area (TPSA) is 68.0 Å². The van der Waals surface area contributed by atoms with Crippen LogP contribution in [0.15, 0.2) is 42.6 Å². The van der Waals surface area contributed by atoms with E-state index in [9.17, 15) is 9.90 Å². The first-order valence-corrected chi connectivity index (χ1v) is 13.3. The van der Waals surface area contributed by atoms with E-state index in [1.807, 2.05) is 16.9 Å². The van der Waals surface area contributed by atoms with Gasteiger partial charge in [0, 0.05) is 23.9 Å². The van der Waals surface area contributed by atoms with Gasteiger partial charge in [0.2, 0.25) is 0 Å². The van der Waals surface area contributed by atoms with E-state index >= 15 is 0 Å². The second-order valence-electron chi connectivity index (χ2n) is 11.3. The molecular weight excluding hydrogens is 434 g/mol. The molecular formula is C30H35N3O2. The van der Waals surface area contributed by atoms with E-state index in [4.69, 9.17) is 0 Å². The largest absolute Gasteiger partial charge is 0.508 e. The molecule has 4 atom stereocenters. The molecule has 3 aliphatic carbocycles. The van der Waals surface area contributed by atoms with Crippen molar-refractivity contribution in [2.45, 2.75) is 77.7 Å². The van der Waals surface area contributed by atoms with Crippen molar-refractivity contribution in [2.24, 2.45) is 17.3 Å². The summed E-state index contributed by atoms with van der Waals surface area (Å²) >= 11 is 0. The summed E-state index contributed by atoms with van der Waals surface area (Å²) in [4.78, 5) is 12.6.